The molecule has 168 valence electrons. The molecule has 0 aliphatic rings. The Morgan fingerprint density at radius 3 is 2.70 bits per heavy atom. The molecule has 0 saturated carbocycles. The van der Waals surface area contributed by atoms with Gasteiger partial charge in [-0.2, -0.15) is 5.10 Å². The number of carbonyl (C=O) groups excluding carboxylic acids is 1. The van der Waals surface area contributed by atoms with Crippen LogP contribution in [-0.4, -0.2) is 33.2 Å². The fourth-order valence-corrected chi connectivity index (χ4v) is 7.60. The second-order valence-corrected chi connectivity index (χ2v) is 12.5. The van der Waals surface area contributed by atoms with Gasteiger partial charge in [-0.15, -0.1) is 10.2 Å². The molecule has 0 aliphatic heterocycles. The molecule has 1 aromatic heterocycles. The first-order valence-corrected chi connectivity index (χ1v) is 14.5. The van der Waals surface area contributed by atoms with Crippen LogP contribution < -0.4 is 5.43 Å². The monoisotopic (exact) mass is 718 g/mol. The molecule has 0 fully saturated rings. The average molecular weight is 718 g/mol. The second kappa shape index (κ2) is 11.8. The van der Waals surface area contributed by atoms with Gasteiger partial charge >= 0.3 is 0 Å². The van der Waals surface area contributed by atoms with Gasteiger partial charge in [-0.05, 0) is 73.7 Å². The summed E-state index contributed by atoms with van der Waals surface area (Å²) in [5, 5.41) is 24.9. The van der Waals surface area contributed by atoms with Crippen molar-refractivity contribution in [2.45, 2.75) is 14.4 Å². The lowest BCUT2D eigenvalue weighted by molar-refractivity contribution is -0.118. The zero-order chi connectivity index (χ0) is 23.2. The summed E-state index contributed by atoms with van der Waals surface area (Å²) >= 11 is 8.66. The molecule has 0 spiro atoms. The zero-order valence-electron chi connectivity index (χ0n) is 16.9. The molecule has 0 radical (unpaired) electrons. The number of nitrogens with zero attached hydrogens (tertiary/aromatic N) is 3. The van der Waals surface area contributed by atoms with Crippen molar-refractivity contribution in [3.05, 3.63) is 72.9 Å². The van der Waals surface area contributed by atoms with Gasteiger partial charge < -0.3 is 5.11 Å². The minimum Gasteiger partial charge on any atom is -0.506 e. The van der Waals surface area contributed by atoms with Gasteiger partial charge in [-0.3, -0.25) is 4.79 Å². The number of phenols is 1. The summed E-state index contributed by atoms with van der Waals surface area (Å²) in [5.74, 6) is 0.873. The number of hydrogen-bond donors (Lipinski definition) is 2. The number of hydrazone groups is 1. The first kappa shape index (κ1) is 24.7. The Morgan fingerprint density at radius 1 is 1.09 bits per heavy atom. The van der Waals surface area contributed by atoms with E-state index in [2.05, 4.69) is 102 Å². The highest BCUT2D eigenvalue weighted by atomic mass is 127. The molecule has 0 aliphatic carbocycles. The Bertz CT molecular complexity index is 1320. The van der Waals surface area contributed by atoms with Crippen molar-refractivity contribution in [1.29, 1.82) is 0 Å². The van der Waals surface area contributed by atoms with Crippen molar-refractivity contribution in [2.24, 2.45) is 5.10 Å². The maximum atomic E-state index is 12.1. The molecular formula is C22H16I2N4O2S3. The van der Waals surface area contributed by atoms with E-state index in [0.717, 1.165) is 21.6 Å². The summed E-state index contributed by atoms with van der Waals surface area (Å²) < 4.78 is 3.31. The van der Waals surface area contributed by atoms with Crippen molar-refractivity contribution in [3.63, 3.8) is 0 Å². The number of benzene rings is 3. The van der Waals surface area contributed by atoms with Crippen LogP contribution in [0.3, 0.4) is 0 Å². The first-order valence-electron chi connectivity index (χ1n) is 9.55. The Morgan fingerprint density at radius 2 is 1.85 bits per heavy atom. The predicted octanol–water partition coefficient (Wildman–Crippen LogP) is 6.14. The Kier molecular flexibility index (Phi) is 8.85. The number of carbonyl (C=O) groups is 1. The molecule has 0 saturated heterocycles. The standard InChI is InChI=1S/C22H16I2N4O2S3/c23-16-8-15(20(30)18(24)9-16)10-25-26-19(29)12-32-22-28-27-21(33-22)31-11-14-6-3-5-13-4-1-2-7-17(13)14/h1-10,30H,11-12H2,(H,26,29)/b25-10+. The van der Waals surface area contributed by atoms with E-state index in [1.165, 1.54) is 45.6 Å². The van der Waals surface area contributed by atoms with Crippen molar-refractivity contribution in [3.8, 4) is 5.75 Å². The van der Waals surface area contributed by atoms with Crippen molar-refractivity contribution < 1.29 is 9.90 Å². The van der Waals surface area contributed by atoms with Gasteiger partial charge in [0.15, 0.2) is 8.68 Å². The third-order valence-corrected chi connectivity index (χ3v) is 9.08. The normalized spacial score (nSPS) is 11.3. The van der Waals surface area contributed by atoms with Crippen LogP contribution in [0.25, 0.3) is 10.8 Å². The lowest BCUT2D eigenvalue weighted by Crippen LogP contribution is -2.19. The lowest BCUT2D eigenvalue weighted by atomic mass is 10.1. The smallest absolute Gasteiger partial charge is 0.250 e. The number of hydrogen-bond acceptors (Lipinski definition) is 8. The number of amides is 1. The molecule has 1 heterocycles. The molecular weight excluding hydrogens is 702 g/mol. The maximum Gasteiger partial charge on any atom is 0.250 e. The largest absolute Gasteiger partial charge is 0.506 e. The molecule has 3 aromatic carbocycles. The third-order valence-electron chi connectivity index (χ3n) is 4.40. The highest BCUT2D eigenvalue weighted by Crippen LogP contribution is 2.32. The summed E-state index contributed by atoms with van der Waals surface area (Å²) in [6.45, 7) is 0. The Balaban J connectivity index is 1.27. The third kappa shape index (κ3) is 6.81. The zero-order valence-corrected chi connectivity index (χ0v) is 23.6. The van der Waals surface area contributed by atoms with Crippen LogP contribution in [0.15, 0.2) is 68.4 Å². The van der Waals surface area contributed by atoms with Gasteiger partial charge in [-0.1, -0.05) is 77.3 Å². The Labute approximate surface area is 230 Å². The molecule has 11 heteroatoms. The highest BCUT2D eigenvalue weighted by Gasteiger charge is 2.10. The molecule has 1 amide bonds. The summed E-state index contributed by atoms with van der Waals surface area (Å²) in [6.07, 6.45) is 1.44. The van der Waals surface area contributed by atoms with Crippen LogP contribution in [0.4, 0.5) is 0 Å². The minimum absolute atomic E-state index is 0.144. The molecule has 4 rings (SSSR count). The Hall–Kier alpha value is -1.42. The quantitative estimate of drug-likeness (QED) is 0.0986. The van der Waals surface area contributed by atoms with Crippen LogP contribution in [-0.2, 0) is 10.5 Å². The number of phenolic OH excluding ortho intramolecular Hbond substituents is 1. The summed E-state index contributed by atoms with van der Waals surface area (Å²) in [5.41, 5.74) is 4.29. The van der Waals surface area contributed by atoms with E-state index in [4.69, 9.17) is 0 Å². The van der Waals surface area contributed by atoms with Crippen molar-refractivity contribution in [2.75, 3.05) is 5.75 Å². The summed E-state index contributed by atoms with van der Waals surface area (Å²) in [6, 6.07) is 18.3. The van der Waals surface area contributed by atoms with E-state index in [9.17, 15) is 9.90 Å². The number of rotatable bonds is 8. The van der Waals surface area contributed by atoms with Crippen LogP contribution in [0.1, 0.15) is 11.1 Å². The number of aromatic nitrogens is 2. The van der Waals surface area contributed by atoms with E-state index in [1.54, 1.807) is 17.8 Å². The lowest BCUT2D eigenvalue weighted by Gasteiger charge is -2.04. The first-order chi connectivity index (χ1) is 16.0. The number of aromatic hydroxyl groups is 1. The van der Waals surface area contributed by atoms with Crippen LogP contribution in [0.5, 0.6) is 5.75 Å². The molecule has 33 heavy (non-hydrogen) atoms. The predicted molar refractivity (Wildman–Crippen MR) is 153 cm³/mol. The molecule has 4 aromatic rings. The van der Waals surface area contributed by atoms with E-state index in [1.807, 2.05) is 12.1 Å². The molecule has 2 N–H and O–H groups in total. The molecule has 0 atom stereocenters. The van der Waals surface area contributed by atoms with Crippen LogP contribution in [0.2, 0.25) is 0 Å². The van der Waals surface area contributed by atoms with Crippen LogP contribution >= 0.6 is 80.0 Å². The van der Waals surface area contributed by atoms with Gasteiger partial charge in [0.2, 0.25) is 0 Å². The van der Waals surface area contributed by atoms with Gasteiger partial charge in [0.1, 0.15) is 5.75 Å². The second-order valence-electron chi connectivity index (χ2n) is 6.67. The minimum atomic E-state index is -0.253. The van der Waals surface area contributed by atoms with E-state index >= 15 is 0 Å². The van der Waals surface area contributed by atoms with Crippen molar-refractivity contribution >= 4 is 103 Å². The SMILES string of the molecule is O=C(CSc1nnc(SCc2cccc3ccccc23)s1)N/N=C/c1cc(I)cc(I)c1O. The molecule has 0 unspecified atom stereocenters. The van der Waals surface area contributed by atoms with E-state index in [-0.39, 0.29) is 17.4 Å². The van der Waals surface area contributed by atoms with Gasteiger partial charge in [0, 0.05) is 14.9 Å². The van der Waals surface area contributed by atoms with Crippen LogP contribution in [0, 0.1) is 7.14 Å². The molecule has 0 bridgehead atoms. The topological polar surface area (TPSA) is 87.5 Å². The van der Waals surface area contributed by atoms with Crippen molar-refractivity contribution in [1.82, 2.24) is 15.6 Å². The van der Waals surface area contributed by atoms with E-state index in [0.29, 0.717) is 5.56 Å². The van der Waals surface area contributed by atoms with Gasteiger partial charge in [0.05, 0.1) is 15.5 Å². The van der Waals surface area contributed by atoms with E-state index < -0.39 is 0 Å². The molecule has 6 nitrogen and oxygen atoms in total. The highest BCUT2D eigenvalue weighted by molar-refractivity contribution is 14.1. The summed E-state index contributed by atoms with van der Waals surface area (Å²) in [7, 11) is 0. The fourth-order valence-electron chi connectivity index (χ4n) is 2.89. The number of thioether (sulfide) groups is 2. The number of halogens is 2. The average Bonchev–Trinajstić information content (AvgIpc) is 3.27. The number of nitrogens with one attached hydrogen (secondary N) is 1. The fraction of sp³-hybridized carbons (Fsp3) is 0.0909. The van der Waals surface area contributed by atoms with Gasteiger partial charge in [0.25, 0.3) is 5.91 Å². The van der Waals surface area contributed by atoms with Gasteiger partial charge in [-0.25, -0.2) is 5.43 Å². The maximum absolute atomic E-state index is 12.1. The number of fused-ring (bicyclic) bond motifs is 1. The summed E-state index contributed by atoms with van der Waals surface area (Å²) in [4.78, 5) is 12.1.